The average Bonchev–Trinajstić information content (AvgIpc) is 3.02. The van der Waals surface area contributed by atoms with Crippen molar-refractivity contribution >= 4 is 11.7 Å². The quantitative estimate of drug-likeness (QED) is 0.909. The summed E-state index contributed by atoms with van der Waals surface area (Å²) in [6.07, 6.45) is 1.55. The highest BCUT2D eigenvalue weighted by atomic mass is 16.4. The molecule has 1 aliphatic heterocycles. The van der Waals surface area contributed by atoms with Crippen molar-refractivity contribution in [3.05, 3.63) is 22.6 Å². The molecule has 2 heterocycles. The van der Waals surface area contributed by atoms with Crippen LogP contribution in [0.4, 0.5) is 0 Å². The molecule has 1 saturated heterocycles. The molecule has 126 valence electrons. The van der Waals surface area contributed by atoms with Crippen molar-refractivity contribution in [2.45, 2.75) is 53.1 Å². The minimum atomic E-state index is -0.416. The summed E-state index contributed by atoms with van der Waals surface area (Å²) in [6, 6.07) is 0. The summed E-state index contributed by atoms with van der Waals surface area (Å²) in [5.41, 5.74) is 1.16. The molecule has 1 aromatic heterocycles. The molecule has 23 heavy (non-hydrogen) atoms. The standard InChI is InChI=1S/C18H25NO4/c1-10-15-13(21)7-18(3,4)8-14(15)23-16(10)17(22)19-6-5-12(9-19)11(2)20/h11-12,20H,5-9H2,1-4H3. The van der Waals surface area contributed by atoms with Crippen LogP contribution in [-0.4, -0.2) is 40.9 Å². The number of carbonyl (C=O) groups excluding carboxylic acids is 2. The van der Waals surface area contributed by atoms with Crippen molar-refractivity contribution < 1.29 is 19.1 Å². The van der Waals surface area contributed by atoms with Crippen molar-refractivity contribution in [1.29, 1.82) is 0 Å². The first kappa shape index (κ1) is 16.2. The topological polar surface area (TPSA) is 70.8 Å². The lowest BCUT2D eigenvalue weighted by Crippen LogP contribution is -2.30. The Morgan fingerprint density at radius 2 is 2.09 bits per heavy atom. The average molecular weight is 319 g/mol. The van der Waals surface area contributed by atoms with Crippen molar-refractivity contribution in [3.63, 3.8) is 0 Å². The second-order valence-electron chi connectivity index (χ2n) is 7.84. The Morgan fingerprint density at radius 3 is 2.70 bits per heavy atom. The Bertz CT molecular complexity index is 656. The lowest BCUT2D eigenvalue weighted by Gasteiger charge is -2.27. The van der Waals surface area contributed by atoms with Gasteiger partial charge in [-0.15, -0.1) is 0 Å². The predicted molar refractivity (Wildman–Crippen MR) is 85.6 cm³/mol. The third-order valence-corrected chi connectivity index (χ3v) is 5.17. The second kappa shape index (κ2) is 5.48. The van der Waals surface area contributed by atoms with E-state index in [1.807, 2.05) is 13.8 Å². The highest BCUT2D eigenvalue weighted by molar-refractivity contribution is 6.03. The number of hydrogen-bond donors (Lipinski definition) is 1. The smallest absolute Gasteiger partial charge is 0.289 e. The largest absolute Gasteiger partial charge is 0.455 e. The second-order valence-corrected chi connectivity index (χ2v) is 7.84. The van der Waals surface area contributed by atoms with Crippen LogP contribution in [0.1, 0.15) is 65.8 Å². The van der Waals surface area contributed by atoms with E-state index in [4.69, 9.17) is 4.42 Å². The van der Waals surface area contributed by atoms with E-state index in [1.165, 1.54) is 0 Å². The predicted octanol–water partition coefficient (Wildman–Crippen LogP) is 2.59. The zero-order chi connectivity index (χ0) is 16.9. The highest BCUT2D eigenvalue weighted by Crippen LogP contribution is 2.38. The number of Topliss-reactive ketones (excluding diaryl/α,β-unsaturated/α-hetero) is 1. The Kier molecular flexibility index (Phi) is 3.87. The fourth-order valence-electron chi connectivity index (χ4n) is 3.80. The van der Waals surface area contributed by atoms with Crippen LogP contribution < -0.4 is 0 Å². The molecule has 1 aliphatic carbocycles. The first-order chi connectivity index (χ1) is 10.7. The number of ketones is 1. The van der Waals surface area contributed by atoms with Crippen molar-refractivity contribution in [3.8, 4) is 0 Å². The zero-order valence-corrected chi connectivity index (χ0v) is 14.3. The van der Waals surface area contributed by atoms with E-state index in [1.54, 1.807) is 18.7 Å². The van der Waals surface area contributed by atoms with E-state index in [9.17, 15) is 14.7 Å². The maximum atomic E-state index is 12.8. The molecular formula is C18H25NO4. The summed E-state index contributed by atoms with van der Waals surface area (Å²) in [6.45, 7) is 8.81. The Hall–Kier alpha value is -1.62. The van der Waals surface area contributed by atoms with E-state index in [-0.39, 0.29) is 23.0 Å². The lowest BCUT2D eigenvalue weighted by atomic mass is 9.76. The van der Waals surface area contributed by atoms with Crippen LogP contribution in [0, 0.1) is 18.3 Å². The molecule has 5 heteroatoms. The Morgan fingerprint density at radius 1 is 1.39 bits per heavy atom. The highest BCUT2D eigenvalue weighted by Gasteiger charge is 2.39. The number of likely N-dealkylation sites (tertiary alicyclic amines) is 1. The van der Waals surface area contributed by atoms with Crippen LogP contribution in [0.15, 0.2) is 4.42 Å². The Balaban J connectivity index is 1.88. The lowest BCUT2D eigenvalue weighted by molar-refractivity contribution is 0.0725. The molecule has 0 radical (unpaired) electrons. The Labute approximate surface area is 136 Å². The number of furan rings is 1. The van der Waals surface area contributed by atoms with Gasteiger partial charge in [0.25, 0.3) is 5.91 Å². The van der Waals surface area contributed by atoms with E-state index < -0.39 is 6.10 Å². The number of fused-ring (bicyclic) bond motifs is 1. The van der Waals surface area contributed by atoms with Gasteiger partial charge in [-0.1, -0.05) is 13.8 Å². The first-order valence-corrected chi connectivity index (χ1v) is 8.32. The monoisotopic (exact) mass is 319 g/mol. The molecule has 2 unspecified atom stereocenters. The molecule has 5 nitrogen and oxygen atoms in total. The number of aliphatic hydroxyl groups excluding tert-OH is 1. The SMILES string of the molecule is Cc1c(C(=O)N2CCC(C(C)O)C2)oc2c1C(=O)CC(C)(C)C2. The number of aliphatic hydroxyl groups is 1. The molecule has 1 amide bonds. The summed E-state index contributed by atoms with van der Waals surface area (Å²) < 4.78 is 5.84. The van der Waals surface area contributed by atoms with Gasteiger partial charge in [0.1, 0.15) is 5.76 Å². The van der Waals surface area contributed by atoms with Gasteiger partial charge in [-0.25, -0.2) is 0 Å². The third-order valence-electron chi connectivity index (χ3n) is 5.17. The van der Waals surface area contributed by atoms with Crippen molar-refractivity contribution in [2.24, 2.45) is 11.3 Å². The van der Waals surface area contributed by atoms with Gasteiger partial charge in [0, 0.05) is 37.4 Å². The fraction of sp³-hybridized carbons (Fsp3) is 0.667. The normalized spacial score (nSPS) is 24.7. The van der Waals surface area contributed by atoms with Crippen LogP contribution >= 0.6 is 0 Å². The first-order valence-electron chi connectivity index (χ1n) is 8.32. The number of nitrogens with zero attached hydrogens (tertiary/aromatic N) is 1. The van der Waals surface area contributed by atoms with Gasteiger partial charge in [0.15, 0.2) is 11.5 Å². The molecule has 0 saturated carbocycles. The molecule has 0 bridgehead atoms. The van der Waals surface area contributed by atoms with Gasteiger partial charge < -0.3 is 14.4 Å². The number of hydrogen-bond acceptors (Lipinski definition) is 4. The van der Waals surface area contributed by atoms with Crippen LogP contribution in [0.2, 0.25) is 0 Å². The fourth-order valence-corrected chi connectivity index (χ4v) is 3.80. The molecule has 2 atom stereocenters. The summed E-state index contributed by atoms with van der Waals surface area (Å²) in [5, 5.41) is 9.70. The van der Waals surface area contributed by atoms with Gasteiger partial charge in [0.05, 0.1) is 11.7 Å². The van der Waals surface area contributed by atoms with E-state index >= 15 is 0 Å². The van der Waals surface area contributed by atoms with Crippen LogP contribution in [0.5, 0.6) is 0 Å². The van der Waals surface area contributed by atoms with Gasteiger partial charge >= 0.3 is 0 Å². The van der Waals surface area contributed by atoms with E-state index in [2.05, 4.69) is 0 Å². The molecule has 1 aromatic rings. The summed E-state index contributed by atoms with van der Waals surface area (Å²) >= 11 is 0. The van der Waals surface area contributed by atoms with Gasteiger partial charge in [0.2, 0.25) is 0 Å². The number of carbonyl (C=O) groups is 2. The number of amides is 1. The number of rotatable bonds is 2. The minimum absolute atomic E-state index is 0.0693. The van der Waals surface area contributed by atoms with E-state index in [0.29, 0.717) is 48.6 Å². The van der Waals surface area contributed by atoms with Crippen LogP contribution in [-0.2, 0) is 6.42 Å². The molecule has 1 fully saturated rings. The van der Waals surface area contributed by atoms with Crippen molar-refractivity contribution in [1.82, 2.24) is 4.90 Å². The molecule has 3 rings (SSSR count). The van der Waals surface area contributed by atoms with Crippen LogP contribution in [0.3, 0.4) is 0 Å². The molecule has 1 N–H and O–H groups in total. The van der Waals surface area contributed by atoms with Gasteiger partial charge in [-0.2, -0.15) is 0 Å². The molecule has 2 aliphatic rings. The maximum Gasteiger partial charge on any atom is 0.289 e. The van der Waals surface area contributed by atoms with Gasteiger partial charge in [-0.3, -0.25) is 9.59 Å². The molecular weight excluding hydrogens is 294 g/mol. The summed E-state index contributed by atoms with van der Waals surface area (Å²) in [5.74, 6) is 0.973. The van der Waals surface area contributed by atoms with E-state index in [0.717, 1.165) is 6.42 Å². The third kappa shape index (κ3) is 2.82. The molecule has 0 spiro atoms. The van der Waals surface area contributed by atoms with Crippen molar-refractivity contribution in [2.75, 3.05) is 13.1 Å². The van der Waals surface area contributed by atoms with Gasteiger partial charge in [-0.05, 0) is 25.7 Å². The summed E-state index contributed by atoms with van der Waals surface area (Å²) in [4.78, 5) is 26.9. The summed E-state index contributed by atoms with van der Waals surface area (Å²) in [7, 11) is 0. The maximum absolute atomic E-state index is 12.8. The molecule has 0 aromatic carbocycles. The minimum Gasteiger partial charge on any atom is -0.455 e. The zero-order valence-electron chi connectivity index (χ0n) is 14.3. The van der Waals surface area contributed by atoms with Crippen LogP contribution in [0.25, 0.3) is 0 Å².